The first-order valence-electron chi connectivity index (χ1n) is 4.66. The van der Waals surface area contributed by atoms with Crippen LogP contribution in [-0.2, 0) is 20.7 Å². The van der Waals surface area contributed by atoms with Gasteiger partial charge in [0.2, 0.25) is 0 Å². The van der Waals surface area contributed by atoms with Gasteiger partial charge in [-0.3, -0.25) is 0 Å². The van der Waals surface area contributed by atoms with Crippen LogP contribution in [0.3, 0.4) is 0 Å². The van der Waals surface area contributed by atoms with Crippen molar-refractivity contribution < 1.29 is 17.9 Å². The zero-order valence-electron chi connectivity index (χ0n) is 9.30. The highest BCUT2D eigenvalue weighted by molar-refractivity contribution is 8.37. The van der Waals surface area contributed by atoms with Crippen molar-refractivity contribution in [3.63, 3.8) is 0 Å². The molecule has 0 spiro atoms. The van der Waals surface area contributed by atoms with E-state index in [1.165, 1.54) is 0 Å². The second kappa shape index (κ2) is 5.04. The zero-order chi connectivity index (χ0) is 12.3. The number of rotatable bonds is 3. The summed E-state index contributed by atoms with van der Waals surface area (Å²) in [6.07, 6.45) is 0. The van der Waals surface area contributed by atoms with Crippen LogP contribution in [0.15, 0.2) is 24.3 Å². The summed E-state index contributed by atoms with van der Waals surface area (Å²) in [5.74, 6) is 0.340. The van der Waals surface area contributed by atoms with Gasteiger partial charge in [0.1, 0.15) is 5.75 Å². The summed E-state index contributed by atoms with van der Waals surface area (Å²) >= 11 is 0. The smallest absolute Gasteiger partial charge is 0.459 e. The van der Waals surface area contributed by atoms with Gasteiger partial charge in [0.15, 0.2) is 0 Å². The van der Waals surface area contributed by atoms with Gasteiger partial charge in [-0.15, -0.1) is 0 Å². The fraction of sp³-hybridized carbons (Fsp3) is 0.400. The van der Waals surface area contributed by atoms with E-state index in [0.717, 1.165) is 5.56 Å². The lowest BCUT2D eigenvalue weighted by atomic mass is 9.86. The molecule has 0 saturated heterocycles. The lowest BCUT2D eigenvalue weighted by Crippen LogP contribution is -2.14. The lowest BCUT2D eigenvalue weighted by Gasteiger charge is -2.20. The van der Waals surface area contributed by atoms with Crippen LogP contribution < -0.4 is 9.08 Å². The van der Waals surface area contributed by atoms with Crippen LogP contribution in [-0.4, -0.2) is 4.21 Å². The molecule has 0 amide bonds. The molecule has 0 aromatic heterocycles. The number of para-hydroxylation sites is 1. The van der Waals surface area contributed by atoms with Gasteiger partial charge in [0.05, 0.1) is 0 Å². The maximum atomic E-state index is 11.1. The molecule has 0 aliphatic carbocycles. The van der Waals surface area contributed by atoms with Gasteiger partial charge in [0.25, 0.3) is 0 Å². The Hall–Kier alpha value is -0.770. The van der Waals surface area contributed by atoms with Gasteiger partial charge in [0, 0.05) is 5.56 Å². The van der Waals surface area contributed by atoms with Gasteiger partial charge in [-0.25, -0.2) is 0 Å². The predicted molar refractivity (Wildman–Crippen MR) is 61.5 cm³/mol. The quantitative estimate of drug-likeness (QED) is 0.780. The SMILES string of the molecule is CC(C)(C)c1ccccc1OS(=O)[P+](=O)[O-]. The van der Waals surface area contributed by atoms with E-state index in [0.29, 0.717) is 5.75 Å². The van der Waals surface area contributed by atoms with Crippen molar-refractivity contribution in [2.45, 2.75) is 26.2 Å². The van der Waals surface area contributed by atoms with E-state index < -0.39 is 17.9 Å². The maximum absolute atomic E-state index is 11.1. The van der Waals surface area contributed by atoms with Gasteiger partial charge < -0.3 is 9.08 Å². The van der Waals surface area contributed by atoms with E-state index in [9.17, 15) is 13.7 Å². The van der Waals surface area contributed by atoms with E-state index in [-0.39, 0.29) is 5.41 Å². The first-order valence-corrected chi connectivity index (χ1v) is 7.52. The Kier molecular flexibility index (Phi) is 4.19. The molecule has 2 unspecified atom stereocenters. The van der Waals surface area contributed by atoms with Crippen LogP contribution >= 0.6 is 7.23 Å². The van der Waals surface area contributed by atoms with Crippen LogP contribution in [0.1, 0.15) is 26.3 Å². The molecule has 88 valence electrons. The Balaban J connectivity index is 3.05. The standard InChI is InChI=1S/C10H13O4PS/c1-10(2,3)8-6-4-5-7-9(8)14-16(13)15(11)12/h4-7H,1-3H3. The lowest BCUT2D eigenvalue weighted by molar-refractivity contribution is -0.158. The predicted octanol–water partition coefficient (Wildman–Crippen LogP) is 2.04. The molecule has 16 heavy (non-hydrogen) atoms. The van der Waals surface area contributed by atoms with Gasteiger partial charge >= 0.3 is 17.9 Å². The molecule has 2 atom stereocenters. The Morgan fingerprint density at radius 1 is 1.31 bits per heavy atom. The van der Waals surface area contributed by atoms with E-state index in [1.54, 1.807) is 12.1 Å². The first-order chi connectivity index (χ1) is 7.32. The molecule has 1 aromatic rings. The first kappa shape index (κ1) is 13.3. The van der Waals surface area contributed by atoms with Crippen molar-refractivity contribution in [1.82, 2.24) is 0 Å². The molecule has 1 rings (SSSR count). The molecule has 0 radical (unpaired) electrons. The van der Waals surface area contributed by atoms with Gasteiger partial charge in [-0.1, -0.05) is 43.5 Å². The second-order valence-corrected chi connectivity index (χ2v) is 7.11. The Labute approximate surface area is 97.9 Å². The van der Waals surface area contributed by atoms with Crippen molar-refractivity contribution in [2.75, 3.05) is 0 Å². The number of benzene rings is 1. The molecule has 0 bridgehead atoms. The van der Waals surface area contributed by atoms with Crippen LogP contribution in [0, 0.1) is 0 Å². The highest BCUT2D eigenvalue weighted by Gasteiger charge is 2.23. The highest BCUT2D eigenvalue weighted by Crippen LogP contribution is 2.33. The van der Waals surface area contributed by atoms with Crippen molar-refractivity contribution in [1.29, 1.82) is 0 Å². The van der Waals surface area contributed by atoms with Crippen molar-refractivity contribution >= 4 is 17.9 Å². The van der Waals surface area contributed by atoms with E-state index in [4.69, 9.17) is 4.18 Å². The summed E-state index contributed by atoms with van der Waals surface area (Å²) < 4.78 is 26.5. The van der Waals surface area contributed by atoms with Crippen LogP contribution in [0.2, 0.25) is 0 Å². The van der Waals surface area contributed by atoms with E-state index >= 15 is 0 Å². The van der Waals surface area contributed by atoms with Crippen molar-refractivity contribution in [3.8, 4) is 5.75 Å². The van der Waals surface area contributed by atoms with Crippen LogP contribution in [0.4, 0.5) is 0 Å². The summed E-state index contributed by atoms with van der Waals surface area (Å²) in [7, 11) is -5.40. The molecule has 6 heteroatoms. The summed E-state index contributed by atoms with van der Waals surface area (Å²) in [6, 6.07) is 6.97. The molecular formula is C10H13O4PS. The molecule has 0 saturated carbocycles. The third-order valence-corrected chi connectivity index (χ3v) is 3.50. The van der Waals surface area contributed by atoms with Crippen molar-refractivity contribution in [2.24, 2.45) is 0 Å². The monoisotopic (exact) mass is 260 g/mol. The van der Waals surface area contributed by atoms with Crippen LogP contribution in [0.5, 0.6) is 5.75 Å². The minimum atomic E-state index is -3.08. The van der Waals surface area contributed by atoms with Crippen molar-refractivity contribution in [3.05, 3.63) is 29.8 Å². The molecule has 0 N–H and O–H groups in total. The largest absolute Gasteiger partial charge is 0.580 e. The summed E-state index contributed by atoms with van der Waals surface area (Å²) in [5, 5.41) is 0. The minimum Gasteiger partial charge on any atom is -0.580 e. The normalized spacial score (nSPS) is 14.4. The molecule has 4 nitrogen and oxygen atoms in total. The third-order valence-electron chi connectivity index (χ3n) is 1.98. The van der Waals surface area contributed by atoms with Crippen LogP contribution in [0.25, 0.3) is 0 Å². The molecule has 0 aliphatic heterocycles. The average Bonchev–Trinajstić information content (AvgIpc) is 2.16. The van der Waals surface area contributed by atoms with Gasteiger partial charge in [-0.2, -0.15) is 4.21 Å². The van der Waals surface area contributed by atoms with E-state index in [2.05, 4.69) is 0 Å². The Morgan fingerprint density at radius 2 is 1.88 bits per heavy atom. The minimum absolute atomic E-state index is 0.199. The third kappa shape index (κ3) is 3.37. The molecular weight excluding hydrogens is 247 g/mol. The molecule has 0 heterocycles. The summed E-state index contributed by atoms with van der Waals surface area (Å²) in [4.78, 5) is 10.5. The van der Waals surface area contributed by atoms with Gasteiger partial charge in [-0.05, 0) is 11.5 Å². The fourth-order valence-corrected chi connectivity index (χ4v) is 2.05. The molecule has 0 aliphatic rings. The Morgan fingerprint density at radius 3 is 2.38 bits per heavy atom. The summed E-state index contributed by atoms with van der Waals surface area (Å²) in [5.41, 5.74) is 0.621. The Bertz CT molecular complexity index is 425. The topological polar surface area (TPSA) is 66.4 Å². The number of hydrogen-bond donors (Lipinski definition) is 0. The molecule has 0 fully saturated rings. The summed E-state index contributed by atoms with van der Waals surface area (Å²) in [6.45, 7) is 5.90. The zero-order valence-corrected chi connectivity index (χ0v) is 11.0. The fourth-order valence-electron chi connectivity index (χ4n) is 1.27. The van der Waals surface area contributed by atoms with E-state index in [1.807, 2.05) is 32.9 Å². The maximum Gasteiger partial charge on any atom is 0.459 e. The molecule has 1 aromatic carbocycles. The highest BCUT2D eigenvalue weighted by atomic mass is 32.7. The second-order valence-electron chi connectivity index (χ2n) is 4.27. The number of hydrogen-bond acceptors (Lipinski definition) is 4. The average molecular weight is 260 g/mol.